The molecule has 1 amide bonds. The molecule has 0 bridgehead atoms. The lowest BCUT2D eigenvalue weighted by molar-refractivity contribution is -0.131. The van der Waals surface area contributed by atoms with Gasteiger partial charge >= 0.3 is 5.97 Å². The van der Waals surface area contributed by atoms with Crippen LogP contribution in [0.5, 0.6) is 17.2 Å². The topological polar surface area (TPSA) is 86.8 Å². The normalized spacial score (nSPS) is 10.7. The van der Waals surface area contributed by atoms with E-state index in [-0.39, 0.29) is 12.0 Å². The van der Waals surface area contributed by atoms with E-state index in [1.165, 1.54) is 13.1 Å². The Labute approximate surface area is 165 Å². The van der Waals surface area contributed by atoms with Crippen LogP contribution < -0.4 is 19.5 Å². The Hall–Kier alpha value is -3.09. The maximum Gasteiger partial charge on any atom is 0.308 e. The molecule has 0 spiro atoms. The molecule has 2 aromatic rings. The van der Waals surface area contributed by atoms with E-state index in [1.54, 1.807) is 30.3 Å². The molecule has 1 heterocycles. The van der Waals surface area contributed by atoms with Crippen molar-refractivity contribution >= 4 is 17.7 Å². The number of nitrogens with one attached hydrogen (secondary N) is 1. The molecule has 28 heavy (non-hydrogen) atoms. The molecule has 1 aromatic heterocycles. The summed E-state index contributed by atoms with van der Waals surface area (Å²) in [6.45, 7) is 9.76. The number of carbonyl (C=O) groups excluding carboxylic acids is 2. The molecule has 0 saturated carbocycles. The van der Waals surface area contributed by atoms with Gasteiger partial charge in [0.15, 0.2) is 0 Å². The van der Waals surface area contributed by atoms with Gasteiger partial charge in [-0.3, -0.25) is 9.59 Å². The van der Waals surface area contributed by atoms with Gasteiger partial charge in [0.25, 0.3) is 5.91 Å². The second kappa shape index (κ2) is 9.73. The number of carbonyl (C=O) groups is 2. The standard InChI is InChI=1S/C21H26N2O5/c1-13(2)12-26-18-8-16(9-19(10-18)27-14(3)4)21(25)23-20-7-6-17(11-22-20)28-15(5)24/h6-11,13-14H,12H2,1-5H3,(H,22,23,25). The van der Waals surface area contributed by atoms with Crippen LogP contribution in [-0.4, -0.2) is 29.6 Å². The monoisotopic (exact) mass is 386 g/mol. The summed E-state index contributed by atoms with van der Waals surface area (Å²) in [6.07, 6.45) is 1.33. The number of nitrogens with zero attached hydrogens (tertiary/aromatic N) is 1. The zero-order valence-electron chi connectivity index (χ0n) is 16.8. The third-order valence-electron chi connectivity index (χ3n) is 3.34. The van der Waals surface area contributed by atoms with Crippen molar-refractivity contribution in [2.24, 2.45) is 5.92 Å². The van der Waals surface area contributed by atoms with Crippen LogP contribution in [0.25, 0.3) is 0 Å². The first-order valence-electron chi connectivity index (χ1n) is 9.13. The second-order valence-electron chi connectivity index (χ2n) is 6.99. The second-order valence-corrected chi connectivity index (χ2v) is 6.99. The Balaban J connectivity index is 2.17. The van der Waals surface area contributed by atoms with Gasteiger partial charge in [-0.05, 0) is 44.0 Å². The van der Waals surface area contributed by atoms with E-state index >= 15 is 0 Å². The minimum Gasteiger partial charge on any atom is -0.493 e. The summed E-state index contributed by atoms with van der Waals surface area (Å²) in [5.74, 6) is 1.33. The summed E-state index contributed by atoms with van der Waals surface area (Å²) in [6, 6.07) is 8.20. The molecule has 0 atom stereocenters. The minimum atomic E-state index is -0.436. The average molecular weight is 386 g/mol. The number of anilines is 1. The zero-order chi connectivity index (χ0) is 20.7. The Bertz CT molecular complexity index is 816. The number of aromatic nitrogens is 1. The molecule has 7 heteroatoms. The molecule has 150 valence electrons. The zero-order valence-corrected chi connectivity index (χ0v) is 16.8. The molecule has 0 aliphatic carbocycles. The van der Waals surface area contributed by atoms with Gasteiger partial charge in [0.2, 0.25) is 0 Å². The van der Waals surface area contributed by atoms with Crippen molar-refractivity contribution < 1.29 is 23.8 Å². The Morgan fingerprint density at radius 3 is 2.32 bits per heavy atom. The highest BCUT2D eigenvalue weighted by Gasteiger charge is 2.13. The molecule has 0 unspecified atom stereocenters. The molecule has 1 N–H and O–H groups in total. The highest BCUT2D eigenvalue weighted by Crippen LogP contribution is 2.25. The van der Waals surface area contributed by atoms with Gasteiger partial charge in [-0.1, -0.05) is 13.8 Å². The molecular weight excluding hydrogens is 360 g/mol. The van der Waals surface area contributed by atoms with E-state index < -0.39 is 5.97 Å². The van der Waals surface area contributed by atoms with Crippen molar-refractivity contribution in [1.29, 1.82) is 0 Å². The number of esters is 1. The number of rotatable bonds is 8. The SMILES string of the molecule is CC(=O)Oc1ccc(NC(=O)c2cc(OCC(C)C)cc(OC(C)C)c2)nc1. The summed E-state index contributed by atoms with van der Waals surface area (Å²) in [5, 5.41) is 2.71. The number of ether oxygens (including phenoxy) is 3. The van der Waals surface area contributed by atoms with Gasteiger partial charge in [-0.25, -0.2) is 4.98 Å². The molecule has 0 aliphatic rings. The average Bonchev–Trinajstić information content (AvgIpc) is 2.60. The molecule has 0 fully saturated rings. The first-order valence-corrected chi connectivity index (χ1v) is 9.13. The van der Waals surface area contributed by atoms with Gasteiger partial charge in [0, 0.05) is 18.6 Å². The fourth-order valence-electron chi connectivity index (χ4n) is 2.26. The quantitative estimate of drug-likeness (QED) is 0.688. The lowest BCUT2D eigenvalue weighted by atomic mass is 10.1. The lowest BCUT2D eigenvalue weighted by Crippen LogP contribution is -2.14. The number of benzene rings is 1. The van der Waals surface area contributed by atoms with Crippen molar-refractivity contribution in [3.8, 4) is 17.2 Å². The molecule has 0 aliphatic heterocycles. The van der Waals surface area contributed by atoms with E-state index in [1.807, 2.05) is 27.7 Å². The molecule has 1 aromatic carbocycles. The van der Waals surface area contributed by atoms with E-state index in [2.05, 4.69) is 10.3 Å². The number of hydrogen-bond donors (Lipinski definition) is 1. The van der Waals surface area contributed by atoms with E-state index in [0.717, 1.165) is 0 Å². The Morgan fingerprint density at radius 1 is 1.04 bits per heavy atom. The number of hydrogen-bond acceptors (Lipinski definition) is 6. The Morgan fingerprint density at radius 2 is 1.75 bits per heavy atom. The van der Waals surface area contributed by atoms with Crippen LogP contribution in [0.15, 0.2) is 36.5 Å². The van der Waals surface area contributed by atoms with Crippen LogP contribution in [0.3, 0.4) is 0 Å². The molecule has 0 saturated heterocycles. The number of pyridine rings is 1. The van der Waals surface area contributed by atoms with Gasteiger partial charge in [0.1, 0.15) is 23.1 Å². The largest absolute Gasteiger partial charge is 0.493 e. The third kappa shape index (κ3) is 6.90. The Kier molecular flexibility index (Phi) is 7.37. The van der Waals surface area contributed by atoms with Crippen LogP contribution in [0.2, 0.25) is 0 Å². The minimum absolute atomic E-state index is 0.0354. The first-order chi connectivity index (χ1) is 13.2. The summed E-state index contributed by atoms with van der Waals surface area (Å²) in [7, 11) is 0. The smallest absolute Gasteiger partial charge is 0.308 e. The van der Waals surface area contributed by atoms with Crippen LogP contribution in [0.1, 0.15) is 45.0 Å². The summed E-state index contributed by atoms with van der Waals surface area (Å²) in [5.41, 5.74) is 0.391. The predicted octanol–water partition coefficient (Wildman–Crippen LogP) is 4.08. The fourth-order valence-corrected chi connectivity index (χ4v) is 2.26. The van der Waals surface area contributed by atoms with Crippen molar-refractivity contribution in [3.05, 3.63) is 42.1 Å². The van der Waals surface area contributed by atoms with Crippen LogP contribution >= 0.6 is 0 Å². The van der Waals surface area contributed by atoms with E-state index in [9.17, 15) is 9.59 Å². The predicted molar refractivity (Wildman–Crippen MR) is 106 cm³/mol. The molecular formula is C21H26N2O5. The molecule has 7 nitrogen and oxygen atoms in total. The maximum absolute atomic E-state index is 12.7. The van der Waals surface area contributed by atoms with Crippen molar-refractivity contribution in [3.63, 3.8) is 0 Å². The highest BCUT2D eigenvalue weighted by molar-refractivity contribution is 6.04. The molecule has 0 radical (unpaired) electrons. The van der Waals surface area contributed by atoms with Crippen LogP contribution in [-0.2, 0) is 4.79 Å². The van der Waals surface area contributed by atoms with Crippen LogP contribution in [0, 0.1) is 5.92 Å². The van der Waals surface area contributed by atoms with Crippen molar-refractivity contribution in [2.75, 3.05) is 11.9 Å². The van der Waals surface area contributed by atoms with Gasteiger partial charge in [-0.2, -0.15) is 0 Å². The summed E-state index contributed by atoms with van der Waals surface area (Å²) in [4.78, 5) is 27.7. The van der Waals surface area contributed by atoms with Gasteiger partial charge < -0.3 is 19.5 Å². The summed E-state index contributed by atoms with van der Waals surface area (Å²) < 4.78 is 16.4. The van der Waals surface area contributed by atoms with E-state index in [4.69, 9.17) is 14.2 Å². The van der Waals surface area contributed by atoms with Gasteiger partial charge in [-0.15, -0.1) is 0 Å². The number of amides is 1. The van der Waals surface area contributed by atoms with Crippen molar-refractivity contribution in [2.45, 2.75) is 40.7 Å². The third-order valence-corrected chi connectivity index (χ3v) is 3.34. The van der Waals surface area contributed by atoms with E-state index in [0.29, 0.717) is 41.2 Å². The molecule has 2 rings (SSSR count). The summed E-state index contributed by atoms with van der Waals surface area (Å²) >= 11 is 0. The van der Waals surface area contributed by atoms with Crippen molar-refractivity contribution in [1.82, 2.24) is 4.98 Å². The van der Waals surface area contributed by atoms with Crippen LogP contribution in [0.4, 0.5) is 5.82 Å². The highest BCUT2D eigenvalue weighted by atomic mass is 16.5. The lowest BCUT2D eigenvalue weighted by Gasteiger charge is -2.15. The maximum atomic E-state index is 12.7. The fraction of sp³-hybridized carbons (Fsp3) is 0.381. The van der Waals surface area contributed by atoms with Gasteiger partial charge in [0.05, 0.1) is 18.9 Å². The first kappa shape index (κ1) is 21.2.